The number of halogens is 1. The fraction of sp³-hybridized carbons (Fsp3) is 0.667. The molecule has 0 unspecified atom stereocenters. The van der Waals surface area contributed by atoms with Gasteiger partial charge in [0.25, 0.3) is 0 Å². The van der Waals surface area contributed by atoms with Crippen molar-refractivity contribution in [2.45, 2.75) is 18.4 Å². The summed E-state index contributed by atoms with van der Waals surface area (Å²) < 4.78 is 19.8. The predicted octanol–water partition coefficient (Wildman–Crippen LogP) is 1.46. The molecule has 1 aliphatic rings. The van der Waals surface area contributed by atoms with E-state index >= 15 is 0 Å². The molecule has 1 aromatic heterocycles. The van der Waals surface area contributed by atoms with Gasteiger partial charge in [-0.05, 0) is 12.8 Å². The molecule has 1 aromatic rings. The molecule has 0 amide bonds. The van der Waals surface area contributed by atoms with Crippen molar-refractivity contribution >= 4 is 12.6 Å². The molecule has 0 N–H and O–H groups in total. The van der Waals surface area contributed by atoms with E-state index in [0.29, 0.717) is 19.0 Å². The molecule has 0 saturated carbocycles. The van der Waals surface area contributed by atoms with Gasteiger partial charge in [0.2, 0.25) is 0 Å². The molecule has 1 fully saturated rings. The minimum atomic E-state index is -0.294. The zero-order valence-electron chi connectivity index (χ0n) is 7.82. The van der Waals surface area contributed by atoms with E-state index in [1.165, 1.54) is 12.4 Å². The summed E-state index contributed by atoms with van der Waals surface area (Å²) in [5.74, 6) is 0.370. The van der Waals surface area contributed by atoms with E-state index < -0.39 is 0 Å². The van der Waals surface area contributed by atoms with Crippen LogP contribution in [0.25, 0.3) is 0 Å². The fourth-order valence-corrected chi connectivity index (χ4v) is 2.23. The molecular weight excluding hydrogens is 203 g/mol. The summed E-state index contributed by atoms with van der Waals surface area (Å²) in [6, 6.07) is 0. The third-order valence-corrected chi connectivity index (χ3v) is 3.34. The van der Waals surface area contributed by atoms with Gasteiger partial charge in [0.1, 0.15) is 0 Å². The SMILES string of the molecule is Fc1cnn(C2(CS)CCOCC2)c1. The number of nitrogens with zero attached hydrogens (tertiary/aromatic N) is 2. The van der Waals surface area contributed by atoms with Crippen LogP contribution in [0.4, 0.5) is 4.39 Å². The molecule has 5 heteroatoms. The maximum absolute atomic E-state index is 12.8. The summed E-state index contributed by atoms with van der Waals surface area (Å²) in [4.78, 5) is 0. The Bertz CT molecular complexity index is 310. The highest BCUT2D eigenvalue weighted by atomic mass is 32.1. The standard InChI is InChI=1S/C9H13FN2OS/c10-8-5-11-12(6-8)9(7-14)1-3-13-4-2-9/h5-6,14H,1-4,7H2. The Morgan fingerprint density at radius 3 is 2.79 bits per heavy atom. The van der Waals surface area contributed by atoms with E-state index in [1.54, 1.807) is 4.68 Å². The first-order valence-corrected chi connectivity index (χ1v) is 5.29. The Morgan fingerprint density at radius 1 is 1.57 bits per heavy atom. The zero-order chi connectivity index (χ0) is 10.0. The molecule has 2 rings (SSSR count). The second-order valence-corrected chi connectivity index (χ2v) is 3.91. The second-order valence-electron chi connectivity index (χ2n) is 3.60. The van der Waals surface area contributed by atoms with Gasteiger partial charge in [0.15, 0.2) is 5.82 Å². The molecule has 0 bridgehead atoms. The van der Waals surface area contributed by atoms with E-state index in [2.05, 4.69) is 17.7 Å². The summed E-state index contributed by atoms with van der Waals surface area (Å²) in [6.07, 6.45) is 4.36. The first-order chi connectivity index (χ1) is 6.77. The Kier molecular flexibility index (Phi) is 2.78. The van der Waals surface area contributed by atoms with Crippen LogP contribution >= 0.6 is 12.6 Å². The summed E-state index contributed by atoms with van der Waals surface area (Å²) >= 11 is 4.33. The summed E-state index contributed by atoms with van der Waals surface area (Å²) in [5.41, 5.74) is -0.161. The van der Waals surface area contributed by atoms with Crippen molar-refractivity contribution in [2.24, 2.45) is 0 Å². The highest BCUT2D eigenvalue weighted by Crippen LogP contribution is 2.29. The molecule has 2 heterocycles. The molecule has 0 radical (unpaired) electrons. The van der Waals surface area contributed by atoms with Gasteiger partial charge in [-0.3, -0.25) is 4.68 Å². The van der Waals surface area contributed by atoms with Crippen LogP contribution < -0.4 is 0 Å². The van der Waals surface area contributed by atoms with Crippen LogP contribution in [0, 0.1) is 5.82 Å². The molecule has 0 aliphatic carbocycles. The Morgan fingerprint density at radius 2 is 2.29 bits per heavy atom. The van der Waals surface area contributed by atoms with E-state index in [9.17, 15) is 4.39 Å². The van der Waals surface area contributed by atoms with Gasteiger partial charge < -0.3 is 4.74 Å². The van der Waals surface area contributed by atoms with Crippen molar-refractivity contribution in [2.75, 3.05) is 19.0 Å². The van der Waals surface area contributed by atoms with Crippen LogP contribution in [0.2, 0.25) is 0 Å². The van der Waals surface area contributed by atoms with Crippen LogP contribution in [0.5, 0.6) is 0 Å². The number of hydrogen-bond acceptors (Lipinski definition) is 3. The normalized spacial score (nSPS) is 21.0. The third kappa shape index (κ3) is 1.66. The van der Waals surface area contributed by atoms with Crippen LogP contribution in [0.3, 0.4) is 0 Å². The van der Waals surface area contributed by atoms with E-state index in [1.807, 2.05) is 0 Å². The first-order valence-electron chi connectivity index (χ1n) is 4.66. The predicted molar refractivity (Wildman–Crippen MR) is 54.1 cm³/mol. The lowest BCUT2D eigenvalue weighted by Gasteiger charge is -2.36. The van der Waals surface area contributed by atoms with Crippen LogP contribution in [0.15, 0.2) is 12.4 Å². The highest BCUT2D eigenvalue weighted by Gasteiger charge is 2.33. The van der Waals surface area contributed by atoms with Crippen molar-refractivity contribution in [3.05, 3.63) is 18.2 Å². The maximum atomic E-state index is 12.8. The second kappa shape index (κ2) is 3.90. The van der Waals surface area contributed by atoms with Gasteiger partial charge in [0, 0.05) is 19.0 Å². The molecule has 3 nitrogen and oxygen atoms in total. The lowest BCUT2D eigenvalue weighted by molar-refractivity contribution is 0.0263. The molecule has 1 saturated heterocycles. The molecular formula is C9H13FN2OS. The highest BCUT2D eigenvalue weighted by molar-refractivity contribution is 7.80. The largest absolute Gasteiger partial charge is 0.381 e. The molecule has 14 heavy (non-hydrogen) atoms. The van der Waals surface area contributed by atoms with Gasteiger partial charge in [-0.2, -0.15) is 17.7 Å². The van der Waals surface area contributed by atoms with Crippen LogP contribution in [0.1, 0.15) is 12.8 Å². The number of rotatable bonds is 2. The number of thiol groups is 1. The molecule has 78 valence electrons. The molecule has 0 spiro atoms. The minimum absolute atomic E-state index is 0.161. The number of aromatic nitrogens is 2. The fourth-order valence-electron chi connectivity index (χ4n) is 1.77. The average molecular weight is 216 g/mol. The quantitative estimate of drug-likeness (QED) is 0.758. The van der Waals surface area contributed by atoms with E-state index in [0.717, 1.165) is 12.8 Å². The van der Waals surface area contributed by atoms with E-state index in [-0.39, 0.29) is 11.4 Å². The van der Waals surface area contributed by atoms with Gasteiger partial charge in [-0.1, -0.05) is 0 Å². The Balaban J connectivity index is 2.26. The monoisotopic (exact) mass is 216 g/mol. The third-order valence-electron chi connectivity index (χ3n) is 2.75. The Labute approximate surface area is 87.7 Å². The number of ether oxygens (including phenoxy) is 1. The molecule has 1 aliphatic heterocycles. The van der Waals surface area contributed by atoms with Gasteiger partial charge in [-0.25, -0.2) is 4.39 Å². The van der Waals surface area contributed by atoms with Crippen LogP contribution in [-0.2, 0) is 10.3 Å². The lowest BCUT2D eigenvalue weighted by atomic mass is 9.92. The van der Waals surface area contributed by atoms with Gasteiger partial charge >= 0.3 is 0 Å². The first kappa shape index (κ1) is 9.98. The lowest BCUT2D eigenvalue weighted by Crippen LogP contribution is -2.41. The van der Waals surface area contributed by atoms with Gasteiger partial charge in [-0.15, -0.1) is 0 Å². The smallest absolute Gasteiger partial charge is 0.161 e. The minimum Gasteiger partial charge on any atom is -0.381 e. The van der Waals surface area contributed by atoms with E-state index in [4.69, 9.17) is 4.74 Å². The van der Waals surface area contributed by atoms with Crippen molar-refractivity contribution in [3.63, 3.8) is 0 Å². The molecule has 0 atom stereocenters. The van der Waals surface area contributed by atoms with Crippen LogP contribution in [-0.4, -0.2) is 28.7 Å². The molecule has 0 aromatic carbocycles. The summed E-state index contributed by atoms with van der Waals surface area (Å²) in [7, 11) is 0. The van der Waals surface area contributed by atoms with Crippen molar-refractivity contribution < 1.29 is 9.13 Å². The zero-order valence-corrected chi connectivity index (χ0v) is 8.71. The van der Waals surface area contributed by atoms with Crippen molar-refractivity contribution in [1.29, 1.82) is 0 Å². The maximum Gasteiger partial charge on any atom is 0.161 e. The van der Waals surface area contributed by atoms with Crippen molar-refractivity contribution in [3.8, 4) is 0 Å². The summed E-state index contributed by atoms with van der Waals surface area (Å²) in [6.45, 7) is 1.39. The van der Waals surface area contributed by atoms with Crippen molar-refractivity contribution in [1.82, 2.24) is 9.78 Å². The summed E-state index contributed by atoms with van der Waals surface area (Å²) in [5, 5.41) is 4.02. The Hall–Kier alpha value is -0.550. The number of hydrogen-bond donors (Lipinski definition) is 1. The van der Waals surface area contributed by atoms with Gasteiger partial charge in [0.05, 0.1) is 17.9 Å². The average Bonchev–Trinajstić information content (AvgIpc) is 2.66. The topological polar surface area (TPSA) is 27.1 Å².